The zero-order valence-electron chi connectivity index (χ0n) is 9.41. The number of nitrogens with one attached hydrogen (secondary N) is 1. The van der Waals surface area contributed by atoms with Gasteiger partial charge in [-0.25, -0.2) is 8.78 Å². The molecule has 5 N–H and O–H groups in total. The van der Waals surface area contributed by atoms with E-state index in [1.54, 1.807) is 6.92 Å². The molecule has 0 spiro atoms. The van der Waals surface area contributed by atoms with Crippen LogP contribution >= 0.6 is 0 Å². The first-order valence-corrected chi connectivity index (χ1v) is 5.12. The van der Waals surface area contributed by atoms with E-state index in [1.165, 1.54) is 18.2 Å². The lowest BCUT2D eigenvalue weighted by Crippen LogP contribution is -2.24. The van der Waals surface area contributed by atoms with Crippen LogP contribution < -0.4 is 16.8 Å². The molecule has 4 nitrogen and oxygen atoms in total. The second-order valence-electron chi connectivity index (χ2n) is 3.86. The van der Waals surface area contributed by atoms with Gasteiger partial charge in [-0.15, -0.1) is 0 Å². The van der Waals surface area contributed by atoms with Crippen LogP contribution in [0.25, 0.3) is 0 Å². The van der Waals surface area contributed by atoms with E-state index in [1.807, 2.05) is 0 Å². The molecule has 6 heteroatoms. The van der Waals surface area contributed by atoms with Gasteiger partial charge in [0.25, 0.3) is 6.43 Å². The lowest BCUT2D eigenvalue weighted by molar-refractivity contribution is -0.118. The van der Waals surface area contributed by atoms with Crippen molar-refractivity contribution in [3.8, 4) is 0 Å². The number of hydrogen-bond acceptors (Lipinski definition) is 3. The van der Waals surface area contributed by atoms with Crippen molar-refractivity contribution in [2.24, 2.45) is 5.73 Å². The molecule has 1 atom stereocenters. The first kappa shape index (κ1) is 13.2. The number of primary amides is 1. The summed E-state index contributed by atoms with van der Waals surface area (Å²) in [6.45, 7) is 1.69. The Morgan fingerprint density at radius 2 is 2.12 bits per heavy atom. The van der Waals surface area contributed by atoms with Crippen LogP contribution in [0.5, 0.6) is 0 Å². The highest BCUT2D eigenvalue weighted by Crippen LogP contribution is 2.29. The molecule has 0 aromatic heterocycles. The molecular formula is C11H15F2N3O. The number of halogens is 2. The van der Waals surface area contributed by atoms with Gasteiger partial charge >= 0.3 is 0 Å². The van der Waals surface area contributed by atoms with Gasteiger partial charge in [0.2, 0.25) is 5.91 Å². The third-order valence-electron chi connectivity index (χ3n) is 2.22. The Morgan fingerprint density at radius 3 is 2.65 bits per heavy atom. The maximum absolute atomic E-state index is 12.7. The maximum Gasteiger partial charge on any atom is 0.265 e. The predicted molar refractivity (Wildman–Crippen MR) is 62.7 cm³/mol. The zero-order chi connectivity index (χ0) is 13.0. The van der Waals surface area contributed by atoms with Crippen LogP contribution in [0, 0.1) is 0 Å². The SMILES string of the molecule is CC(CC(N)=O)Nc1ccc(N)cc1C(F)F. The van der Waals surface area contributed by atoms with Crippen molar-refractivity contribution in [2.45, 2.75) is 25.8 Å². The van der Waals surface area contributed by atoms with Gasteiger partial charge in [0.05, 0.1) is 0 Å². The second kappa shape index (κ2) is 5.47. The lowest BCUT2D eigenvalue weighted by Gasteiger charge is -2.17. The molecule has 0 saturated carbocycles. The Morgan fingerprint density at radius 1 is 1.47 bits per heavy atom. The van der Waals surface area contributed by atoms with E-state index in [0.717, 1.165) is 0 Å². The molecule has 0 heterocycles. The van der Waals surface area contributed by atoms with Crippen molar-refractivity contribution in [3.63, 3.8) is 0 Å². The van der Waals surface area contributed by atoms with Crippen LogP contribution in [0.3, 0.4) is 0 Å². The van der Waals surface area contributed by atoms with Crippen LogP contribution in [0.4, 0.5) is 20.2 Å². The molecule has 0 aliphatic heterocycles. The third-order valence-corrected chi connectivity index (χ3v) is 2.22. The van der Waals surface area contributed by atoms with Crippen molar-refractivity contribution in [1.29, 1.82) is 0 Å². The Hall–Kier alpha value is -1.85. The first-order valence-electron chi connectivity index (χ1n) is 5.12. The molecule has 1 rings (SSSR count). The highest BCUT2D eigenvalue weighted by Gasteiger charge is 2.15. The number of nitrogens with two attached hydrogens (primary N) is 2. The average molecular weight is 243 g/mol. The summed E-state index contributed by atoms with van der Waals surface area (Å²) in [5.74, 6) is -0.487. The fourth-order valence-electron chi connectivity index (χ4n) is 1.51. The van der Waals surface area contributed by atoms with E-state index in [-0.39, 0.29) is 29.4 Å². The summed E-state index contributed by atoms with van der Waals surface area (Å²) in [4.78, 5) is 10.7. The number of alkyl halides is 2. The summed E-state index contributed by atoms with van der Waals surface area (Å²) in [6, 6.07) is 3.89. The minimum Gasteiger partial charge on any atom is -0.399 e. The summed E-state index contributed by atoms with van der Waals surface area (Å²) in [6.07, 6.45) is -2.55. The van der Waals surface area contributed by atoms with E-state index in [4.69, 9.17) is 11.5 Å². The number of carbonyl (C=O) groups is 1. The number of carbonyl (C=O) groups excluding carboxylic acids is 1. The fraction of sp³-hybridized carbons (Fsp3) is 0.364. The highest BCUT2D eigenvalue weighted by molar-refractivity contribution is 5.75. The van der Waals surface area contributed by atoms with Crippen LogP contribution in [-0.4, -0.2) is 11.9 Å². The minimum atomic E-state index is -2.62. The summed E-state index contributed by atoms with van der Waals surface area (Å²) >= 11 is 0. The highest BCUT2D eigenvalue weighted by atomic mass is 19.3. The van der Waals surface area contributed by atoms with Gasteiger partial charge in [0, 0.05) is 29.4 Å². The minimum absolute atomic E-state index is 0.0764. The van der Waals surface area contributed by atoms with Crippen molar-refractivity contribution in [1.82, 2.24) is 0 Å². The average Bonchev–Trinajstić information content (AvgIpc) is 2.19. The molecule has 94 valence electrons. The number of hydrogen-bond donors (Lipinski definition) is 3. The number of rotatable bonds is 5. The molecule has 1 aromatic carbocycles. The molecule has 0 radical (unpaired) electrons. The van der Waals surface area contributed by atoms with E-state index < -0.39 is 12.3 Å². The quantitative estimate of drug-likeness (QED) is 0.691. The maximum atomic E-state index is 12.7. The fourth-order valence-corrected chi connectivity index (χ4v) is 1.51. The molecule has 0 aliphatic rings. The summed E-state index contributed by atoms with van der Waals surface area (Å²) in [5, 5.41) is 2.81. The molecular weight excluding hydrogens is 228 g/mol. The molecule has 0 fully saturated rings. The van der Waals surface area contributed by atoms with Crippen molar-refractivity contribution in [3.05, 3.63) is 23.8 Å². The van der Waals surface area contributed by atoms with Gasteiger partial charge in [0.15, 0.2) is 0 Å². The normalized spacial score (nSPS) is 12.5. The van der Waals surface area contributed by atoms with Gasteiger partial charge in [-0.05, 0) is 25.1 Å². The number of anilines is 2. The smallest absolute Gasteiger partial charge is 0.265 e. The van der Waals surface area contributed by atoms with E-state index in [2.05, 4.69) is 5.32 Å². The topological polar surface area (TPSA) is 81.1 Å². The van der Waals surface area contributed by atoms with E-state index >= 15 is 0 Å². The van der Waals surface area contributed by atoms with Crippen LogP contribution in [0.2, 0.25) is 0 Å². The van der Waals surface area contributed by atoms with Crippen molar-refractivity contribution < 1.29 is 13.6 Å². The van der Waals surface area contributed by atoms with E-state index in [9.17, 15) is 13.6 Å². The Balaban J connectivity index is 2.86. The molecule has 1 unspecified atom stereocenters. The number of nitrogen functional groups attached to an aromatic ring is 1. The molecule has 1 aromatic rings. The standard InChI is InChI=1S/C11H15F2N3O/c1-6(4-10(15)17)16-9-3-2-7(14)5-8(9)11(12)13/h2-3,5-6,11,16H,4,14H2,1H3,(H2,15,17). The van der Waals surface area contributed by atoms with Gasteiger partial charge in [-0.2, -0.15) is 0 Å². The van der Waals surface area contributed by atoms with Gasteiger partial charge in [-0.1, -0.05) is 0 Å². The third kappa shape index (κ3) is 3.90. The Bertz CT molecular complexity index is 410. The van der Waals surface area contributed by atoms with Crippen molar-refractivity contribution >= 4 is 17.3 Å². The largest absolute Gasteiger partial charge is 0.399 e. The van der Waals surface area contributed by atoms with Crippen LogP contribution in [0.15, 0.2) is 18.2 Å². The molecule has 0 bridgehead atoms. The summed E-state index contributed by atoms with van der Waals surface area (Å²) in [5.41, 5.74) is 10.8. The summed E-state index contributed by atoms with van der Waals surface area (Å²) in [7, 11) is 0. The van der Waals surface area contributed by atoms with Crippen molar-refractivity contribution in [2.75, 3.05) is 11.1 Å². The molecule has 0 saturated heterocycles. The number of amides is 1. The molecule has 1 amide bonds. The Kier molecular flexibility index (Phi) is 4.25. The molecule has 17 heavy (non-hydrogen) atoms. The lowest BCUT2D eigenvalue weighted by atomic mass is 10.1. The predicted octanol–water partition coefficient (Wildman–Crippen LogP) is 1.88. The number of benzene rings is 1. The van der Waals surface area contributed by atoms with E-state index in [0.29, 0.717) is 0 Å². The second-order valence-corrected chi connectivity index (χ2v) is 3.86. The van der Waals surface area contributed by atoms with Gasteiger partial charge in [-0.3, -0.25) is 4.79 Å². The monoisotopic (exact) mass is 243 g/mol. The van der Waals surface area contributed by atoms with Gasteiger partial charge < -0.3 is 16.8 Å². The Labute approximate surface area is 98.0 Å². The van der Waals surface area contributed by atoms with Crippen LogP contribution in [-0.2, 0) is 4.79 Å². The first-order chi connectivity index (χ1) is 7.90. The molecule has 0 aliphatic carbocycles. The summed E-state index contributed by atoms with van der Waals surface area (Å²) < 4.78 is 25.5. The van der Waals surface area contributed by atoms with Crippen LogP contribution in [0.1, 0.15) is 25.3 Å². The van der Waals surface area contributed by atoms with Gasteiger partial charge in [0.1, 0.15) is 0 Å². The zero-order valence-corrected chi connectivity index (χ0v) is 9.41.